The van der Waals surface area contributed by atoms with Gasteiger partial charge in [0, 0.05) is 0 Å². The lowest BCUT2D eigenvalue weighted by Gasteiger charge is -2.04. The van der Waals surface area contributed by atoms with Gasteiger partial charge in [0.25, 0.3) is 0 Å². The van der Waals surface area contributed by atoms with Crippen molar-refractivity contribution in [2.24, 2.45) is 0 Å². The van der Waals surface area contributed by atoms with Crippen molar-refractivity contribution in [1.29, 1.82) is 0 Å². The molecule has 0 saturated heterocycles. The number of hydrogen-bond donors (Lipinski definition) is 3. The summed E-state index contributed by atoms with van der Waals surface area (Å²) in [7, 11) is 0. The van der Waals surface area contributed by atoms with E-state index in [2.05, 4.69) is 4.74 Å². The van der Waals surface area contributed by atoms with Crippen molar-refractivity contribution in [3.63, 3.8) is 0 Å². The number of aliphatic carboxylic acids is 1. The minimum absolute atomic E-state index is 0.0530. The molecule has 0 heterocycles. The number of rotatable bonds is 5. The molecule has 90 valence electrons. The molecule has 0 aromatic heterocycles. The smallest absolute Gasteiger partial charge is 0.396 e. The van der Waals surface area contributed by atoms with Crippen molar-refractivity contribution in [2.75, 3.05) is 19.7 Å². The highest BCUT2D eigenvalue weighted by atomic mass is 16.5. The van der Waals surface area contributed by atoms with Crippen molar-refractivity contribution in [3.8, 4) is 0 Å². The van der Waals surface area contributed by atoms with Crippen LogP contribution < -0.4 is 10.6 Å². The van der Waals surface area contributed by atoms with E-state index in [9.17, 15) is 19.2 Å². The second-order valence-electron chi connectivity index (χ2n) is 2.57. The van der Waals surface area contributed by atoms with E-state index in [0.29, 0.717) is 0 Å². The summed E-state index contributed by atoms with van der Waals surface area (Å²) in [5, 5.41) is 12.2. The van der Waals surface area contributed by atoms with Crippen LogP contribution in [-0.4, -0.2) is 48.6 Å². The lowest BCUT2D eigenvalue weighted by molar-refractivity contribution is -0.154. The SMILES string of the molecule is CCOC(=O)C(=O)NCC(=O)NCC(=O)O. The summed E-state index contributed by atoms with van der Waals surface area (Å²) in [6.45, 7) is 0.557. The van der Waals surface area contributed by atoms with E-state index in [-0.39, 0.29) is 6.61 Å². The lowest BCUT2D eigenvalue weighted by Crippen LogP contribution is -2.41. The van der Waals surface area contributed by atoms with E-state index in [1.54, 1.807) is 0 Å². The van der Waals surface area contributed by atoms with Gasteiger partial charge in [-0.25, -0.2) is 4.79 Å². The number of carboxylic acid groups (broad SMARTS) is 1. The molecule has 0 bridgehead atoms. The summed E-state index contributed by atoms with van der Waals surface area (Å²) < 4.78 is 4.36. The van der Waals surface area contributed by atoms with E-state index in [0.717, 1.165) is 0 Å². The van der Waals surface area contributed by atoms with Gasteiger partial charge in [0.1, 0.15) is 6.54 Å². The Kier molecular flexibility index (Phi) is 6.25. The molecule has 0 fully saturated rings. The third-order valence-electron chi connectivity index (χ3n) is 1.31. The zero-order chi connectivity index (χ0) is 12.6. The first-order valence-corrected chi connectivity index (χ1v) is 4.40. The zero-order valence-corrected chi connectivity index (χ0v) is 8.61. The fourth-order valence-electron chi connectivity index (χ4n) is 0.666. The highest BCUT2D eigenvalue weighted by Crippen LogP contribution is 1.77. The summed E-state index contributed by atoms with van der Waals surface area (Å²) in [5.41, 5.74) is 0. The molecule has 0 spiro atoms. The van der Waals surface area contributed by atoms with E-state index in [1.165, 1.54) is 6.92 Å². The molecule has 0 aliphatic heterocycles. The van der Waals surface area contributed by atoms with Gasteiger partial charge < -0.3 is 20.5 Å². The van der Waals surface area contributed by atoms with Crippen LogP contribution in [0.25, 0.3) is 0 Å². The Balaban J connectivity index is 3.79. The molecular formula is C8H12N2O6. The van der Waals surface area contributed by atoms with Gasteiger partial charge in [-0.3, -0.25) is 14.4 Å². The average Bonchev–Trinajstić information content (AvgIpc) is 2.23. The maximum Gasteiger partial charge on any atom is 0.396 e. The first-order chi connectivity index (χ1) is 7.47. The molecule has 8 heteroatoms. The second-order valence-corrected chi connectivity index (χ2v) is 2.57. The van der Waals surface area contributed by atoms with Crippen LogP contribution in [0.3, 0.4) is 0 Å². The Morgan fingerprint density at radius 2 is 1.75 bits per heavy atom. The lowest BCUT2D eigenvalue weighted by atomic mass is 10.5. The normalized spacial score (nSPS) is 9.06. The quantitative estimate of drug-likeness (QED) is 0.367. The number of nitrogens with one attached hydrogen (secondary N) is 2. The molecule has 8 nitrogen and oxygen atoms in total. The molecule has 16 heavy (non-hydrogen) atoms. The van der Waals surface area contributed by atoms with Gasteiger partial charge in [-0.1, -0.05) is 0 Å². The highest BCUT2D eigenvalue weighted by Gasteiger charge is 2.15. The first kappa shape index (κ1) is 13.9. The van der Waals surface area contributed by atoms with Crippen LogP contribution in [0, 0.1) is 0 Å². The third-order valence-corrected chi connectivity index (χ3v) is 1.31. The Morgan fingerprint density at radius 3 is 2.25 bits per heavy atom. The van der Waals surface area contributed by atoms with Crippen LogP contribution in [0.15, 0.2) is 0 Å². The fraction of sp³-hybridized carbons (Fsp3) is 0.500. The number of carbonyl (C=O) groups excluding carboxylic acids is 3. The monoisotopic (exact) mass is 232 g/mol. The molecule has 2 amide bonds. The molecule has 0 radical (unpaired) electrons. The maximum absolute atomic E-state index is 10.9. The van der Waals surface area contributed by atoms with Crippen LogP contribution in [0.2, 0.25) is 0 Å². The van der Waals surface area contributed by atoms with Crippen LogP contribution in [-0.2, 0) is 23.9 Å². The molecular weight excluding hydrogens is 220 g/mol. The predicted octanol–water partition coefficient (Wildman–Crippen LogP) is -2.13. The van der Waals surface area contributed by atoms with Gasteiger partial charge in [-0.2, -0.15) is 0 Å². The summed E-state index contributed by atoms with van der Waals surface area (Å²) in [5.74, 6) is -4.05. The van der Waals surface area contributed by atoms with Crippen LogP contribution in [0.5, 0.6) is 0 Å². The molecule has 0 aromatic rings. The van der Waals surface area contributed by atoms with Crippen molar-refractivity contribution in [2.45, 2.75) is 6.92 Å². The summed E-state index contributed by atoms with van der Waals surface area (Å²) in [6.07, 6.45) is 0. The Morgan fingerprint density at radius 1 is 1.12 bits per heavy atom. The van der Waals surface area contributed by atoms with Crippen LogP contribution in [0.4, 0.5) is 0 Å². The van der Waals surface area contributed by atoms with Crippen molar-refractivity contribution >= 4 is 23.8 Å². The number of carboxylic acids is 1. The zero-order valence-electron chi connectivity index (χ0n) is 8.61. The third kappa shape index (κ3) is 6.35. The predicted molar refractivity (Wildman–Crippen MR) is 50.3 cm³/mol. The number of amides is 2. The van der Waals surface area contributed by atoms with E-state index < -0.39 is 36.8 Å². The minimum Gasteiger partial charge on any atom is -0.480 e. The Labute approximate surface area is 90.9 Å². The molecule has 0 saturated carbocycles. The van der Waals surface area contributed by atoms with Gasteiger partial charge in [-0.05, 0) is 6.92 Å². The van der Waals surface area contributed by atoms with E-state index in [4.69, 9.17) is 5.11 Å². The van der Waals surface area contributed by atoms with E-state index >= 15 is 0 Å². The Bertz CT molecular complexity index is 301. The molecule has 0 aliphatic rings. The van der Waals surface area contributed by atoms with Crippen molar-refractivity contribution in [3.05, 3.63) is 0 Å². The summed E-state index contributed by atoms with van der Waals surface area (Å²) >= 11 is 0. The van der Waals surface area contributed by atoms with Gasteiger partial charge in [-0.15, -0.1) is 0 Å². The fourth-order valence-corrected chi connectivity index (χ4v) is 0.666. The molecule has 3 N–H and O–H groups in total. The maximum atomic E-state index is 10.9. The molecule has 0 aliphatic carbocycles. The number of ether oxygens (including phenoxy) is 1. The number of hydrogen-bond acceptors (Lipinski definition) is 5. The van der Waals surface area contributed by atoms with Crippen LogP contribution in [0.1, 0.15) is 6.92 Å². The summed E-state index contributed by atoms with van der Waals surface area (Å²) in [4.78, 5) is 42.6. The average molecular weight is 232 g/mol. The molecule has 0 unspecified atom stereocenters. The molecule has 0 atom stereocenters. The standard InChI is InChI=1S/C8H12N2O6/c1-2-16-8(15)7(14)10-3-5(11)9-4-6(12)13/h2-4H2,1H3,(H,9,11)(H,10,14)(H,12,13). The van der Waals surface area contributed by atoms with Crippen molar-refractivity contribution in [1.82, 2.24) is 10.6 Å². The largest absolute Gasteiger partial charge is 0.480 e. The van der Waals surface area contributed by atoms with Gasteiger partial charge in [0.15, 0.2) is 0 Å². The first-order valence-electron chi connectivity index (χ1n) is 4.40. The molecule has 0 rings (SSSR count). The Hall–Kier alpha value is -2.12. The van der Waals surface area contributed by atoms with Gasteiger partial charge in [0.05, 0.1) is 13.2 Å². The number of carbonyl (C=O) groups is 4. The van der Waals surface area contributed by atoms with Gasteiger partial charge in [0.2, 0.25) is 5.91 Å². The molecule has 0 aromatic carbocycles. The van der Waals surface area contributed by atoms with Crippen molar-refractivity contribution < 1.29 is 29.0 Å². The van der Waals surface area contributed by atoms with Gasteiger partial charge >= 0.3 is 17.8 Å². The summed E-state index contributed by atoms with van der Waals surface area (Å²) in [6, 6.07) is 0. The topological polar surface area (TPSA) is 122 Å². The minimum atomic E-state index is -1.20. The number of esters is 1. The van der Waals surface area contributed by atoms with Crippen LogP contribution >= 0.6 is 0 Å². The second kappa shape index (κ2) is 7.21. The van der Waals surface area contributed by atoms with E-state index in [1.807, 2.05) is 10.6 Å². The highest BCUT2D eigenvalue weighted by molar-refractivity contribution is 6.32.